The Kier molecular flexibility index (Phi) is 12.0. The number of halogens is 2. The Morgan fingerprint density at radius 3 is 2.32 bits per heavy atom. The second-order valence-electron chi connectivity index (χ2n) is 10.9. The van der Waals surface area contributed by atoms with Crippen molar-refractivity contribution < 1.29 is 9.59 Å². The fourth-order valence-electron chi connectivity index (χ4n) is 5.28. The maximum absolute atomic E-state index is 14.0. The van der Waals surface area contributed by atoms with Crippen molar-refractivity contribution in [3.63, 3.8) is 0 Å². The first kappa shape index (κ1) is 31.5. The van der Waals surface area contributed by atoms with Gasteiger partial charge in [-0.1, -0.05) is 109 Å². The van der Waals surface area contributed by atoms with Gasteiger partial charge in [0.05, 0.1) is 6.04 Å². The van der Waals surface area contributed by atoms with Crippen LogP contribution >= 0.6 is 34.2 Å². The summed E-state index contributed by atoms with van der Waals surface area (Å²) in [6.07, 6.45) is 1.42. The van der Waals surface area contributed by atoms with Crippen LogP contribution in [0, 0.1) is 0 Å². The fraction of sp³-hybridized carbons (Fsp3) is 0.394. The Labute approximate surface area is 262 Å². The summed E-state index contributed by atoms with van der Waals surface area (Å²) in [5, 5.41) is 10.8. The van der Waals surface area contributed by atoms with Crippen LogP contribution in [0.1, 0.15) is 59.7 Å². The lowest BCUT2D eigenvalue weighted by molar-refractivity contribution is -0.133. The molecule has 0 aromatic heterocycles. The summed E-state index contributed by atoms with van der Waals surface area (Å²) in [5.74, 6) is 0.0583. The first-order chi connectivity index (χ1) is 19.9. The van der Waals surface area contributed by atoms with Crippen LogP contribution in [0.2, 0.25) is 5.02 Å². The van der Waals surface area contributed by atoms with E-state index in [-0.39, 0.29) is 29.8 Å². The van der Waals surface area contributed by atoms with Gasteiger partial charge in [0.15, 0.2) is 0 Å². The summed E-state index contributed by atoms with van der Waals surface area (Å²) in [5.41, 5.74) is 3.93. The minimum atomic E-state index is -0.334. The van der Waals surface area contributed by atoms with Gasteiger partial charge in [-0.3, -0.25) is 9.59 Å². The third-order valence-electron chi connectivity index (χ3n) is 7.55. The molecular weight excluding hydrogens is 647 g/mol. The first-order valence-electron chi connectivity index (χ1n) is 14.4. The Morgan fingerprint density at radius 1 is 1.05 bits per heavy atom. The summed E-state index contributed by atoms with van der Waals surface area (Å²) >= 11 is 8.50. The molecule has 3 aromatic carbocycles. The number of nitrogens with zero attached hydrogens (tertiary/aromatic N) is 1. The SMILES string of the molecule is CC(C)NCC[C@@H]1N[C@H](CNC(=O)c2ccc(Cl)c(CI)c2)CCN(CC(c2ccccc2)c2ccccc2)C1=O. The van der Waals surface area contributed by atoms with Crippen molar-refractivity contribution in [1.29, 1.82) is 0 Å². The maximum atomic E-state index is 14.0. The quantitative estimate of drug-likeness (QED) is 0.167. The Hall–Kier alpha value is -2.46. The molecule has 0 unspecified atom stereocenters. The van der Waals surface area contributed by atoms with Crippen LogP contribution in [0.5, 0.6) is 0 Å². The van der Waals surface area contributed by atoms with Crippen molar-refractivity contribution in [2.24, 2.45) is 0 Å². The second kappa shape index (κ2) is 15.7. The molecule has 218 valence electrons. The monoisotopic (exact) mass is 686 g/mol. The lowest BCUT2D eigenvalue weighted by Gasteiger charge is -2.29. The van der Waals surface area contributed by atoms with Gasteiger partial charge in [-0.2, -0.15) is 0 Å². The third-order valence-corrected chi connectivity index (χ3v) is 8.74. The lowest BCUT2D eigenvalue weighted by Crippen LogP contribution is -2.50. The smallest absolute Gasteiger partial charge is 0.251 e. The van der Waals surface area contributed by atoms with Gasteiger partial charge in [-0.25, -0.2) is 0 Å². The number of rotatable bonds is 12. The average molecular weight is 687 g/mol. The minimum absolute atomic E-state index is 0.0276. The van der Waals surface area contributed by atoms with E-state index in [1.165, 1.54) is 11.1 Å². The number of alkyl halides is 1. The number of hydrogen-bond donors (Lipinski definition) is 3. The molecule has 0 saturated carbocycles. The van der Waals surface area contributed by atoms with E-state index in [1.54, 1.807) is 12.1 Å². The molecule has 8 heteroatoms. The number of amides is 2. The van der Waals surface area contributed by atoms with Crippen molar-refractivity contribution in [3.8, 4) is 0 Å². The van der Waals surface area contributed by atoms with E-state index in [0.717, 1.165) is 23.0 Å². The van der Waals surface area contributed by atoms with Crippen molar-refractivity contribution in [2.45, 2.75) is 55.2 Å². The molecule has 1 aliphatic rings. The molecule has 0 aliphatic carbocycles. The summed E-state index contributed by atoms with van der Waals surface area (Å²) < 4.78 is 0.735. The van der Waals surface area contributed by atoms with E-state index >= 15 is 0 Å². The molecular formula is C33H40ClIN4O2. The minimum Gasteiger partial charge on any atom is -0.350 e. The van der Waals surface area contributed by atoms with Gasteiger partial charge in [0.1, 0.15) is 0 Å². The predicted molar refractivity (Wildman–Crippen MR) is 176 cm³/mol. The Morgan fingerprint density at radius 2 is 1.71 bits per heavy atom. The van der Waals surface area contributed by atoms with Gasteiger partial charge in [0.25, 0.3) is 5.91 Å². The number of hydrogen-bond acceptors (Lipinski definition) is 4. The third kappa shape index (κ3) is 9.01. The lowest BCUT2D eigenvalue weighted by atomic mass is 9.90. The van der Waals surface area contributed by atoms with Gasteiger partial charge in [0, 0.05) is 52.6 Å². The highest BCUT2D eigenvalue weighted by Crippen LogP contribution is 2.27. The average Bonchev–Trinajstić information content (AvgIpc) is 3.13. The molecule has 1 fully saturated rings. The van der Waals surface area contributed by atoms with E-state index in [9.17, 15) is 9.59 Å². The summed E-state index contributed by atoms with van der Waals surface area (Å²) in [7, 11) is 0. The van der Waals surface area contributed by atoms with Crippen molar-refractivity contribution >= 4 is 46.0 Å². The zero-order valence-corrected chi connectivity index (χ0v) is 26.7. The summed E-state index contributed by atoms with van der Waals surface area (Å²) in [4.78, 5) is 29.0. The number of carbonyl (C=O) groups excluding carboxylic acids is 2. The molecule has 6 nitrogen and oxygen atoms in total. The maximum Gasteiger partial charge on any atom is 0.251 e. The van der Waals surface area contributed by atoms with Gasteiger partial charge >= 0.3 is 0 Å². The molecule has 41 heavy (non-hydrogen) atoms. The highest BCUT2D eigenvalue weighted by molar-refractivity contribution is 14.1. The zero-order chi connectivity index (χ0) is 29.2. The molecule has 4 rings (SSSR count). The Bertz CT molecular complexity index is 1240. The van der Waals surface area contributed by atoms with Gasteiger partial charge in [-0.05, 0) is 54.3 Å². The molecule has 1 heterocycles. The normalized spacial score (nSPS) is 17.6. The van der Waals surface area contributed by atoms with E-state index in [4.69, 9.17) is 11.6 Å². The predicted octanol–water partition coefficient (Wildman–Crippen LogP) is 5.78. The topological polar surface area (TPSA) is 73.5 Å². The molecule has 0 spiro atoms. The van der Waals surface area contributed by atoms with Crippen LogP contribution in [0.4, 0.5) is 0 Å². The van der Waals surface area contributed by atoms with Gasteiger partial charge in [-0.15, -0.1) is 0 Å². The highest BCUT2D eigenvalue weighted by Gasteiger charge is 2.32. The van der Waals surface area contributed by atoms with Crippen molar-refractivity contribution in [1.82, 2.24) is 20.9 Å². The van der Waals surface area contributed by atoms with E-state index < -0.39 is 0 Å². The van der Waals surface area contributed by atoms with Gasteiger partial charge < -0.3 is 20.9 Å². The molecule has 0 bridgehead atoms. The molecule has 3 N–H and O–H groups in total. The van der Waals surface area contributed by atoms with Gasteiger partial charge in [0.2, 0.25) is 5.91 Å². The Balaban J connectivity index is 1.50. The van der Waals surface area contributed by atoms with Crippen LogP contribution < -0.4 is 16.0 Å². The second-order valence-corrected chi connectivity index (χ2v) is 12.1. The zero-order valence-electron chi connectivity index (χ0n) is 23.8. The molecule has 3 aromatic rings. The van der Waals surface area contributed by atoms with Crippen molar-refractivity contribution in [2.75, 3.05) is 26.2 Å². The van der Waals surface area contributed by atoms with Crippen LogP contribution in [0.3, 0.4) is 0 Å². The standard InChI is InChI=1S/C33H40ClIN4O2/c1-23(2)36-17-15-31-33(41)39(22-29(24-9-5-3-6-10-24)25-11-7-4-8-12-25)18-16-28(38-31)21-37-32(40)26-13-14-30(34)27(19-26)20-35/h3-14,19,23,28-29,31,36,38H,15-18,20-22H2,1-2H3,(H,37,40)/t28-,31-/m0/s1. The number of nitrogens with one attached hydrogen (secondary N) is 3. The van der Waals surface area contributed by atoms with E-state index in [1.807, 2.05) is 23.1 Å². The summed E-state index contributed by atoms with van der Waals surface area (Å²) in [6, 6.07) is 26.2. The molecule has 1 saturated heterocycles. The van der Waals surface area contributed by atoms with E-state index in [0.29, 0.717) is 42.7 Å². The van der Waals surface area contributed by atoms with Crippen molar-refractivity contribution in [3.05, 3.63) is 106 Å². The summed E-state index contributed by atoms with van der Waals surface area (Å²) in [6.45, 7) is 6.62. The number of carbonyl (C=O) groups is 2. The molecule has 0 radical (unpaired) electrons. The van der Waals surface area contributed by atoms with Crippen LogP contribution in [0.25, 0.3) is 0 Å². The molecule has 1 aliphatic heterocycles. The van der Waals surface area contributed by atoms with E-state index in [2.05, 4.69) is 101 Å². The molecule has 2 atom stereocenters. The first-order valence-corrected chi connectivity index (χ1v) is 16.3. The molecule has 2 amide bonds. The highest BCUT2D eigenvalue weighted by atomic mass is 127. The fourth-order valence-corrected chi connectivity index (χ4v) is 6.32. The largest absolute Gasteiger partial charge is 0.350 e. The van der Waals surface area contributed by atoms with Crippen LogP contribution in [-0.2, 0) is 9.22 Å². The van der Waals surface area contributed by atoms with Crippen LogP contribution in [0.15, 0.2) is 78.9 Å². The number of benzene rings is 3. The van der Waals surface area contributed by atoms with Crippen LogP contribution in [-0.4, -0.2) is 61.0 Å².